The lowest BCUT2D eigenvalue weighted by atomic mass is 10.0. The van der Waals surface area contributed by atoms with Gasteiger partial charge in [0.2, 0.25) is 0 Å². The van der Waals surface area contributed by atoms with Crippen LogP contribution in [0.1, 0.15) is 34.6 Å². The SMILES string of the molecule is CCc1ccc(C(C#N)NC(=O)C2=CN(CCNC(=O)c3cccc(-c4ccccc4)n3)NN2)cc1. The molecular weight excluding hydrogens is 454 g/mol. The number of amides is 2. The molecule has 0 radical (unpaired) electrons. The van der Waals surface area contributed by atoms with Crippen LogP contribution in [0.25, 0.3) is 11.3 Å². The normalized spacial score (nSPS) is 13.2. The van der Waals surface area contributed by atoms with Gasteiger partial charge in [-0.15, -0.1) is 5.53 Å². The summed E-state index contributed by atoms with van der Waals surface area (Å²) in [4.78, 5) is 29.7. The zero-order valence-electron chi connectivity index (χ0n) is 19.9. The lowest BCUT2D eigenvalue weighted by Gasteiger charge is -2.15. The van der Waals surface area contributed by atoms with Gasteiger partial charge in [0.05, 0.1) is 18.3 Å². The molecule has 0 saturated heterocycles. The molecule has 1 aliphatic heterocycles. The van der Waals surface area contributed by atoms with Crippen LogP contribution < -0.4 is 21.6 Å². The van der Waals surface area contributed by atoms with E-state index in [2.05, 4.69) is 39.6 Å². The van der Waals surface area contributed by atoms with Crippen molar-refractivity contribution in [1.29, 1.82) is 5.26 Å². The lowest BCUT2D eigenvalue weighted by Crippen LogP contribution is -2.42. The monoisotopic (exact) mass is 481 g/mol. The maximum absolute atomic E-state index is 12.6. The van der Waals surface area contributed by atoms with Crippen LogP contribution in [0, 0.1) is 11.3 Å². The van der Waals surface area contributed by atoms with Crippen molar-refractivity contribution in [1.82, 2.24) is 31.6 Å². The fourth-order valence-electron chi connectivity index (χ4n) is 3.64. The lowest BCUT2D eigenvalue weighted by molar-refractivity contribution is -0.118. The van der Waals surface area contributed by atoms with Crippen LogP contribution in [0.5, 0.6) is 0 Å². The molecule has 9 heteroatoms. The van der Waals surface area contributed by atoms with Crippen molar-refractivity contribution in [2.75, 3.05) is 13.1 Å². The average molecular weight is 482 g/mol. The van der Waals surface area contributed by atoms with Crippen molar-refractivity contribution >= 4 is 11.8 Å². The number of hydrogen-bond donors (Lipinski definition) is 4. The van der Waals surface area contributed by atoms with Gasteiger partial charge in [0, 0.05) is 18.3 Å². The summed E-state index contributed by atoms with van der Waals surface area (Å²) in [5.74, 6) is -0.699. The van der Waals surface area contributed by atoms with Crippen LogP contribution in [0.15, 0.2) is 84.7 Å². The van der Waals surface area contributed by atoms with E-state index in [0.717, 1.165) is 28.8 Å². The Morgan fingerprint density at radius 3 is 2.53 bits per heavy atom. The van der Waals surface area contributed by atoms with Gasteiger partial charge in [0.25, 0.3) is 11.8 Å². The Labute approximate surface area is 209 Å². The number of carbonyl (C=O) groups excluding carboxylic acids is 2. The van der Waals surface area contributed by atoms with Gasteiger partial charge in [-0.2, -0.15) is 5.26 Å². The van der Waals surface area contributed by atoms with Gasteiger partial charge < -0.3 is 10.6 Å². The van der Waals surface area contributed by atoms with Gasteiger partial charge in [-0.05, 0) is 29.7 Å². The molecule has 1 atom stereocenters. The minimum absolute atomic E-state index is 0.268. The van der Waals surface area contributed by atoms with Crippen LogP contribution in [-0.2, 0) is 11.2 Å². The summed E-state index contributed by atoms with van der Waals surface area (Å²) in [7, 11) is 0. The highest BCUT2D eigenvalue weighted by Gasteiger charge is 2.21. The molecule has 36 heavy (non-hydrogen) atoms. The summed E-state index contributed by atoms with van der Waals surface area (Å²) in [5.41, 5.74) is 9.79. The van der Waals surface area contributed by atoms with Crippen molar-refractivity contribution < 1.29 is 9.59 Å². The quantitative estimate of drug-likeness (QED) is 0.371. The highest BCUT2D eigenvalue weighted by atomic mass is 16.2. The number of nitrogens with one attached hydrogen (secondary N) is 4. The maximum Gasteiger partial charge on any atom is 0.271 e. The standard InChI is InChI=1S/C27H27N7O2/c1-2-19-11-13-21(14-12-19)24(17-28)31-27(36)25-18-34(33-32-25)16-15-29-26(35)23-10-6-9-22(30-23)20-7-4-3-5-8-20/h3-14,18,24,32-33H,2,15-16H2,1H3,(H,29,35)(H,31,36). The first-order valence-corrected chi connectivity index (χ1v) is 11.7. The molecule has 3 aromatic rings. The van der Waals surface area contributed by atoms with Gasteiger partial charge >= 0.3 is 0 Å². The molecule has 182 valence electrons. The highest BCUT2D eigenvalue weighted by Crippen LogP contribution is 2.17. The number of hydrazine groups is 2. The third kappa shape index (κ3) is 6.05. The molecular formula is C27H27N7O2. The third-order valence-corrected chi connectivity index (χ3v) is 5.68. The summed E-state index contributed by atoms with van der Waals surface area (Å²) in [6.07, 6.45) is 2.49. The number of hydrogen-bond acceptors (Lipinski definition) is 7. The Hall–Kier alpha value is -4.68. The molecule has 2 aromatic carbocycles. The van der Waals surface area contributed by atoms with E-state index in [1.54, 1.807) is 23.3 Å². The summed E-state index contributed by atoms with van der Waals surface area (Å²) in [6, 6.07) is 23.9. The Morgan fingerprint density at radius 1 is 1.03 bits per heavy atom. The number of aryl methyl sites for hydroxylation is 1. The van der Waals surface area contributed by atoms with Crippen molar-refractivity contribution in [3.05, 3.63) is 102 Å². The molecule has 4 N–H and O–H groups in total. The third-order valence-electron chi connectivity index (χ3n) is 5.68. The number of aromatic nitrogens is 1. The van der Waals surface area contributed by atoms with E-state index in [1.165, 1.54) is 0 Å². The first-order valence-electron chi connectivity index (χ1n) is 11.7. The molecule has 0 bridgehead atoms. The fraction of sp³-hybridized carbons (Fsp3) is 0.185. The topological polar surface area (TPSA) is 122 Å². The average Bonchev–Trinajstić information content (AvgIpc) is 3.41. The number of nitrogens with zero attached hydrogens (tertiary/aromatic N) is 3. The molecule has 2 amide bonds. The highest BCUT2D eigenvalue weighted by molar-refractivity contribution is 5.93. The van der Waals surface area contributed by atoms with Crippen LogP contribution in [0.4, 0.5) is 0 Å². The zero-order chi connectivity index (χ0) is 25.3. The van der Waals surface area contributed by atoms with Crippen molar-refractivity contribution in [3.63, 3.8) is 0 Å². The molecule has 2 heterocycles. The molecule has 0 spiro atoms. The second-order valence-corrected chi connectivity index (χ2v) is 8.13. The predicted octanol–water partition coefficient (Wildman–Crippen LogP) is 2.59. The van der Waals surface area contributed by atoms with Crippen molar-refractivity contribution in [2.24, 2.45) is 0 Å². The Morgan fingerprint density at radius 2 is 1.81 bits per heavy atom. The van der Waals surface area contributed by atoms with Crippen molar-refractivity contribution in [3.8, 4) is 17.3 Å². The van der Waals surface area contributed by atoms with Crippen LogP contribution in [-0.4, -0.2) is 34.9 Å². The molecule has 0 fully saturated rings. The van der Waals surface area contributed by atoms with Gasteiger partial charge in [-0.1, -0.05) is 67.6 Å². The minimum Gasteiger partial charge on any atom is -0.349 e. The molecule has 4 rings (SSSR count). The van der Waals surface area contributed by atoms with Crippen molar-refractivity contribution in [2.45, 2.75) is 19.4 Å². The van der Waals surface area contributed by atoms with Gasteiger partial charge in [0.15, 0.2) is 0 Å². The van der Waals surface area contributed by atoms with E-state index in [9.17, 15) is 14.9 Å². The Bertz CT molecular complexity index is 1280. The molecule has 1 unspecified atom stereocenters. The molecule has 0 saturated carbocycles. The van der Waals surface area contributed by atoms with Gasteiger partial charge in [-0.3, -0.25) is 20.0 Å². The molecule has 1 aromatic heterocycles. The second kappa shape index (κ2) is 11.6. The summed E-state index contributed by atoms with van der Waals surface area (Å²) in [6.45, 7) is 2.77. The molecule has 9 nitrogen and oxygen atoms in total. The maximum atomic E-state index is 12.6. The Balaban J connectivity index is 1.28. The fourth-order valence-corrected chi connectivity index (χ4v) is 3.64. The van der Waals surface area contributed by atoms with Crippen LogP contribution in [0.3, 0.4) is 0 Å². The number of pyridine rings is 1. The number of benzene rings is 2. The van der Waals surface area contributed by atoms with E-state index in [1.807, 2.05) is 60.7 Å². The van der Waals surface area contributed by atoms with E-state index < -0.39 is 11.9 Å². The number of rotatable bonds is 9. The summed E-state index contributed by atoms with van der Waals surface area (Å²) >= 11 is 0. The molecule has 0 aliphatic carbocycles. The number of carbonyl (C=O) groups is 2. The summed E-state index contributed by atoms with van der Waals surface area (Å²) in [5, 5.41) is 16.7. The first-order chi connectivity index (χ1) is 17.6. The van der Waals surface area contributed by atoms with E-state index in [4.69, 9.17) is 0 Å². The first kappa shape index (κ1) is 24.4. The zero-order valence-corrected chi connectivity index (χ0v) is 19.9. The smallest absolute Gasteiger partial charge is 0.271 e. The van der Waals surface area contributed by atoms with E-state index in [0.29, 0.717) is 18.8 Å². The van der Waals surface area contributed by atoms with Crippen LogP contribution in [0.2, 0.25) is 0 Å². The minimum atomic E-state index is -0.765. The van der Waals surface area contributed by atoms with Crippen LogP contribution >= 0.6 is 0 Å². The Kier molecular flexibility index (Phi) is 7.90. The van der Waals surface area contributed by atoms with Gasteiger partial charge in [0.1, 0.15) is 17.4 Å². The largest absolute Gasteiger partial charge is 0.349 e. The van der Waals surface area contributed by atoms with E-state index >= 15 is 0 Å². The predicted molar refractivity (Wildman–Crippen MR) is 135 cm³/mol. The molecule has 1 aliphatic rings. The second-order valence-electron chi connectivity index (χ2n) is 8.13. The van der Waals surface area contributed by atoms with Gasteiger partial charge in [-0.25, -0.2) is 4.98 Å². The summed E-state index contributed by atoms with van der Waals surface area (Å²) < 4.78 is 0. The van der Waals surface area contributed by atoms with E-state index in [-0.39, 0.29) is 11.6 Å². The number of nitriles is 1.